The van der Waals surface area contributed by atoms with Crippen molar-refractivity contribution in [3.63, 3.8) is 0 Å². The molecule has 2 aliphatic rings. The monoisotopic (exact) mass is 282 g/mol. The van der Waals surface area contributed by atoms with Gasteiger partial charge in [-0.1, -0.05) is 18.2 Å². The summed E-state index contributed by atoms with van der Waals surface area (Å²) in [6, 6.07) is 5.64. The van der Waals surface area contributed by atoms with E-state index in [4.69, 9.17) is 4.74 Å². The van der Waals surface area contributed by atoms with Crippen molar-refractivity contribution >= 4 is 9.84 Å². The summed E-state index contributed by atoms with van der Waals surface area (Å²) in [5.74, 6) is 0.695. The van der Waals surface area contributed by atoms with Crippen LogP contribution >= 0.6 is 0 Å². The Morgan fingerprint density at radius 3 is 2.95 bits per heavy atom. The maximum atomic E-state index is 11.9. The molecule has 2 atom stereocenters. The lowest BCUT2D eigenvalue weighted by molar-refractivity contribution is 0.0451. The van der Waals surface area contributed by atoms with Crippen LogP contribution in [-0.2, 0) is 21.9 Å². The van der Waals surface area contributed by atoms with Gasteiger partial charge in [0.05, 0.1) is 11.9 Å². The smallest absolute Gasteiger partial charge is 0.153 e. The third-order valence-corrected chi connectivity index (χ3v) is 5.91. The van der Waals surface area contributed by atoms with Gasteiger partial charge >= 0.3 is 0 Å². The van der Waals surface area contributed by atoms with Gasteiger partial charge in [-0.05, 0) is 24.8 Å². The molecule has 1 N–H and O–H groups in total. The zero-order valence-electron chi connectivity index (χ0n) is 10.9. The SMILES string of the molecule is CS(=O)(=O)C1CCCC1(O)c1cccc2c1OCC2. The molecule has 5 heteroatoms. The fourth-order valence-electron chi connectivity index (χ4n) is 3.39. The number of ether oxygens (including phenoxy) is 1. The Bertz CT molecular complexity index is 608. The summed E-state index contributed by atoms with van der Waals surface area (Å²) in [7, 11) is -3.28. The van der Waals surface area contributed by atoms with E-state index < -0.39 is 20.7 Å². The van der Waals surface area contributed by atoms with Gasteiger partial charge in [-0.2, -0.15) is 0 Å². The molecular formula is C14H18O4S. The van der Waals surface area contributed by atoms with E-state index in [1.807, 2.05) is 12.1 Å². The summed E-state index contributed by atoms with van der Waals surface area (Å²) in [4.78, 5) is 0. The number of fused-ring (bicyclic) bond motifs is 1. The van der Waals surface area contributed by atoms with Crippen LogP contribution in [-0.4, -0.2) is 31.6 Å². The molecule has 0 spiro atoms. The first-order chi connectivity index (χ1) is 8.93. The molecule has 0 saturated heterocycles. The van der Waals surface area contributed by atoms with Crippen LogP contribution in [0.5, 0.6) is 5.75 Å². The molecule has 1 heterocycles. The first-order valence-electron chi connectivity index (χ1n) is 6.59. The van der Waals surface area contributed by atoms with Crippen molar-refractivity contribution in [2.24, 2.45) is 0 Å². The lowest BCUT2D eigenvalue weighted by atomic mass is 9.89. The van der Waals surface area contributed by atoms with Crippen molar-refractivity contribution in [1.29, 1.82) is 0 Å². The average Bonchev–Trinajstić information content (AvgIpc) is 2.93. The zero-order chi connectivity index (χ0) is 13.7. The van der Waals surface area contributed by atoms with E-state index in [-0.39, 0.29) is 0 Å². The minimum Gasteiger partial charge on any atom is -0.493 e. The fraction of sp³-hybridized carbons (Fsp3) is 0.571. The Labute approximate surface area is 113 Å². The van der Waals surface area contributed by atoms with E-state index >= 15 is 0 Å². The van der Waals surface area contributed by atoms with E-state index in [1.165, 1.54) is 6.26 Å². The third kappa shape index (κ3) is 1.96. The largest absolute Gasteiger partial charge is 0.493 e. The Morgan fingerprint density at radius 1 is 1.42 bits per heavy atom. The molecule has 0 aromatic heterocycles. The predicted molar refractivity (Wildman–Crippen MR) is 72.0 cm³/mol. The molecular weight excluding hydrogens is 264 g/mol. The second kappa shape index (κ2) is 4.21. The molecule has 1 saturated carbocycles. The third-order valence-electron chi connectivity index (χ3n) is 4.25. The molecule has 104 valence electrons. The minimum absolute atomic E-state index is 0.477. The van der Waals surface area contributed by atoms with E-state index in [9.17, 15) is 13.5 Å². The molecule has 1 fully saturated rings. The van der Waals surface area contributed by atoms with Crippen LogP contribution in [0.15, 0.2) is 18.2 Å². The summed E-state index contributed by atoms with van der Waals surface area (Å²) in [5.41, 5.74) is 0.406. The standard InChI is InChI=1S/C14H18O4S/c1-19(16,17)12-6-3-8-14(12,15)11-5-2-4-10-7-9-18-13(10)11/h2,4-5,12,15H,3,6-9H2,1H3. The molecule has 0 radical (unpaired) electrons. The van der Waals surface area contributed by atoms with Crippen LogP contribution in [0.2, 0.25) is 0 Å². The van der Waals surface area contributed by atoms with Crippen molar-refractivity contribution in [2.45, 2.75) is 36.5 Å². The zero-order valence-corrected chi connectivity index (χ0v) is 11.7. The highest BCUT2D eigenvalue weighted by Gasteiger charge is 2.49. The van der Waals surface area contributed by atoms with Gasteiger partial charge in [-0.25, -0.2) is 8.42 Å². The van der Waals surface area contributed by atoms with Gasteiger partial charge in [0.1, 0.15) is 11.4 Å². The Balaban J connectivity index is 2.13. The van der Waals surface area contributed by atoms with Crippen molar-refractivity contribution in [2.75, 3.05) is 12.9 Å². The van der Waals surface area contributed by atoms with Crippen LogP contribution in [0.25, 0.3) is 0 Å². The topological polar surface area (TPSA) is 63.6 Å². The number of benzene rings is 1. The second-order valence-corrected chi connectivity index (χ2v) is 7.76. The van der Waals surface area contributed by atoms with Gasteiger partial charge in [0, 0.05) is 18.2 Å². The minimum atomic E-state index is -3.28. The van der Waals surface area contributed by atoms with Gasteiger partial charge in [-0.15, -0.1) is 0 Å². The predicted octanol–water partition coefficient (Wildman–Crippen LogP) is 1.41. The summed E-state index contributed by atoms with van der Waals surface area (Å²) < 4.78 is 29.5. The summed E-state index contributed by atoms with van der Waals surface area (Å²) in [5, 5.41) is 10.2. The molecule has 1 aromatic rings. The van der Waals surface area contributed by atoms with Crippen LogP contribution < -0.4 is 4.74 Å². The summed E-state index contributed by atoms with van der Waals surface area (Å²) >= 11 is 0. The van der Waals surface area contributed by atoms with Crippen LogP contribution in [0.4, 0.5) is 0 Å². The van der Waals surface area contributed by atoms with Gasteiger partial charge in [0.25, 0.3) is 0 Å². The summed E-state index contributed by atoms with van der Waals surface area (Å²) in [6.07, 6.45) is 3.74. The molecule has 1 aliphatic carbocycles. The number of rotatable bonds is 2. The molecule has 2 unspecified atom stereocenters. The molecule has 1 aliphatic heterocycles. The maximum absolute atomic E-state index is 11.9. The number of aliphatic hydroxyl groups is 1. The molecule has 0 bridgehead atoms. The number of sulfone groups is 1. The van der Waals surface area contributed by atoms with E-state index in [0.717, 1.165) is 18.4 Å². The maximum Gasteiger partial charge on any atom is 0.153 e. The van der Waals surface area contributed by atoms with Crippen molar-refractivity contribution in [3.05, 3.63) is 29.3 Å². The van der Waals surface area contributed by atoms with Gasteiger partial charge in [0.2, 0.25) is 0 Å². The van der Waals surface area contributed by atoms with Crippen LogP contribution in [0, 0.1) is 0 Å². The molecule has 0 amide bonds. The van der Waals surface area contributed by atoms with Gasteiger partial charge in [-0.3, -0.25) is 0 Å². The normalized spacial score (nSPS) is 30.1. The van der Waals surface area contributed by atoms with Gasteiger partial charge < -0.3 is 9.84 Å². The Hall–Kier alpha value is -1.07. The van der Waals surface area contributed by atoms with Crippen molar-refractivity contribution < 1.29 is 18.3 Å². The van der Waals surface area contributed by atoms with Crippen LogP contribution in [0.3, 0.4) is 0 Å². The highest BCUT2D eigenvalue weighted by molar-refractivity contribution is 7.91. The molecule has 3 rings (SSSR count). The van der Waals surface area contributed by atoms with Crippen molar-refractivity contribution in [3.8, 4) is 5.75 Å². The highest BCUT2D eigenvalue weighted by atomic mass is 32.2. The first kappa shape index (κ1) is 12.9. The second-order valence-electron chi connectivity index (χ2n) is 5.53. The fourth-order valence-corrected chi connectivity index (χ4v) is 4.94. The highest BCUT2D eigenvalue weighted by Crippen LogP contribution is 2.47. The van der Waals surface area contributed by atoms with E-state index in [2.05, 4.69) is 0 Å². The number of hydrogen-bond donors (Lipinski definition) is 1. The van der Waals surface area contributed by atoms with Gasteiger partial charge in [0.15, 0.2) is 9.84 Å². The average molecular weight is 282 g/mol. The molecule has 4 nitrogen and oxygen atoms in total. The lowest BCUT2D eigenvalue weighted by Gasteiger charge is -2.30. The molecule has 1 aromatic carbocycles. The van der Waals surface area contributed by atoms with E-state index in [1.54, 1.807) is 6.07 Å². The quantitative estimate of drug-likeness (QED) is 0.890. The number of hydrogen-bond acceptors (Lipinski definition) is 4. The van der Waals surface area contributed by atoms with Crippen molar-refractivity contribution in [1.82, 2.24) is 0 Å². The Kier molecular flexibility index (Phi) is 2.87. The van der Waals surface area contributed by atoms with Crippen LogP contribution in [0.1, 0.15) is 30.4 Å². The number of para-hydroxylation sites is 1. The van der Waals surface area contributed by atoms with E-state index in [0.29, 0.717) is 30.8 Å². The Morgan fingerprint density at radius 2 is 2.21 bits per heavy atom. The lowest BCUT2D eigenvalue weighted by Crippen LogP contribution is -2.39. The molecule has 19 heavy (non-hydrogen) atoms. The first-order valence-corrected chi connectivity index (χ1v) is 8.55. The summed E-state index contributed by atoms with van der Waals surface area (Å²) in [6.45, 7) is 0.603.